The normalized spacial score (nSPS) is 12.5. The van der Waals surface area contributed by atoms with Gasteiger partial charge in [-0.25, -0.2) is 4.98 Å². The van der Waals surface area contributed by atoms with Gasteiger partial charge in [-0.1, -0.05) is 65.0 Å². The van der Waals surface area contributed by atoms with Gasteiger partial charge in [0.15, 0.2) is 0 Å². The van der Waals surface area contributed by atoms with Crippen LogP contribution in [0, 0.1) is 0 Å². The maximum absolute atomic E-state index is 4.89. The summed E-state index contributed by atoms with van der Waals surface area (Å²) in [6.45, 7) is 11.1. The van der Waals surface area contributed by atoms with Gasteiger partial charge in [-0.15, -0.1) is 32.9 Å². The van der Waals surface area contributed by atoms with Gasteiger partial charge in [0, 0.05) is 28.2 Å². The Bertz CT molecular complexity index is 826. The maximum Gasteiger partial charge on any atom is 0.122 e. The summed E-state index contributed by atoms with van der Waals surface area (Å²) in [6, 6.07) is 10.4. The van der Waals surface area contributed by atoms with Gasteiger partial charge in [-0.05, 0) is 6.42 Å². The smallest absolute Gasteiger partial charge is 0.122 e. The molecule has 132 valence electrons. The minimum Gasteiger partial charge on any atom is -0.241 e. The van der Waals surface area contributed by atoms with E-state index in [0.717, 1.165) is 28.6 Å². The number of hydrogen-bond donors (Lipinski definition) is 0. The number of aromatic nitrogens is 3. The lowest BCUT2D eigenvalue weighted by Crippen LogP contribution is -2.17. The zero-order valence-electron chi connectivity index (χ0n) is 15.5. The Labute approximate surface area is 158 Å². The van der Waals surface area contributed by atoms with Crippen molar-refractivity contribution in [3.63, 3.8) is 0 Å². The third kappa shape index (κ3) is 4.33. The second-order valence-electron chi connectivity index (χ2n) is 8.04. The van der Waals surface area contributed by atoms with Crippen molar-refractivity contribution < 1.29 is 0 Å². The topological polar surface area (TPSA) is 38.7 Å². The van der Waals surface area contributed by atoms with Gasteiger partial charge in [0.1, 0.15) is 10.0 Å². The molecule has 0 spiro atoms. The lowest BCUT2D eigenvalue weighted by Gasteiger charge is -2.21. The summed E-state index contributed by atoms with van der Waals surface area (Å²) >= 11 is 3.49. The van der Waals surface area contributed by atoms with Crippen LogP contribution in [0.3, 0.4) is 0 Å². The van der Waals surface area contributed by atoms with Gasteiger partial charge in [-0.2, -0.15) is 0 Å². The summed E-state index contributed by atoms with van der Waals surface area (Å²) in [7, 11) is 0. The van der Waals surface area contributed by atoms with E-state index >= 15 is 0 Å². The van der Waals surface area contributed by atoms with Crippen LogP contribution in [0.25, 0.3) is 11.3 Å². The van der Waals surface area contributed by atoms with Crippen LogP contribution >= 0.6 is 22.7 Å². The number of hydrogen-bond acceptors (Lipinski definition) is 5. The fraction of sp³-hybridized carbons (Fsp3) is 0.450. The summed E-state index contributed by atoms with van der Waals surface area (Å²) in [5.74, 6) is 0. The molecule has 0 aliphatic rings. The van der Waals surface area contributed by atoms with Gasteiger partial charge in [0.2, 0.25) is 0 Å². The summed E-state index contributed by atoms with van der Waals surface area (Å²) < 4.78 is 0. The minimum atomic E-state index is 0.0330. The zero-order valence-corrected chi connectivity index (χ0v) is 17.2. The standard InChI is InChI=1S/C20H25N3S2/c1-19(2,3)17-23-22-16(25-17)11-12-20(4,5)18-21-15(13-24-18)14-9-7-6-8-10-14/h6-10,13H,11-12H2,1-5H3. The zero-order chi connectivity index (χ0) is 18.1. The van der Waals surface area contributed by atoms with Gasteiger partial charge in [-0.3, -0.25) is 0 Å². The SMILES string of the molecule is CC(C)(C)c1nnc(CCC(C)(C)c2nc(-c3ccccc3)cs2)s1. The second kappa shape index (κ2) is 6.96. The van der Waals surface area contributed by atoms with E-state index in [1.54, 1.807) is 22.7 Å². The highest BCUT2D eigenvalue weighted by molar-refractivity contribution is 7.11. The van der Waals surface area contributed by atoms with E-state index in [0.29, 0.717) is 0 Å². The molecule has 3 aromatic rings. The quantitative estimate of drug-likeness (QED) is 0.563. The van der Waals surface area contributed by atoms with Crippen LogP contribution in [-0.4, -0.2) is 15.2 Å². The molecule has 2 aromatic heterocycles. The fourth-order valence-corrected chi connectivity index (χ4v) is 4.39. The molecule has 0 N–H and O–H groups in total. The highest BCUT2D eigenvalue weighted by atomic mass is 32.1. The van der Waals surface area contributed by atoms with Crippen LogP contribution in [0.5, 0.6) is 0 Å². The second-order valence-corrected chi connectivity index (χ2v) is 9.96. The van der Waals surface area contributed by atoms with Crippen LogP contribution in [-0.2, 0) is 17.3 Å². The van der Waals surface area contributed by atoms with E-state index in [9.17, 15) is 0 Å². The molecule has 0 saturated carbocycles. The van der Waals surface area contributed by atoms with Crippen LogP contribution in [0.1, 0.15) is 56.1 Å². The van der Waals surface area contributed by atoms with Crippen LogP contribution < -0.4 is 0 Å². The largest absolute Gasteiger partial charge is 0.241 e. The molecule has 0 aliphatic carbocycles. The van der Waals surface area contributed by atoms with Gasteiger partial charge < -0.3 is 0 Å². The monoisotopic (exact) mass is 371 g/mol. The van der Waals surface area contributed by atoms with Gasteiger partial charge in [0.05, 0.1) is 10.7 Å². The van der Waals surface area contributed by atoms with Gasteiger partial charge in [0.25, 0.3) is 0 Å². The first-order chi connectivity index (χ1) is 11.8. The van der Waals surface area contributed by atoms with Crippen LogP contribution in [0.4, 0.5) is 0 Å². The van der Waals surface area contributed by atoms with Crippen molar-refractivity contribution in [1.29, 1.82) is 0 Å². The molecule has 3 nitrogen and oxygen atoms in total. The number of thiazole rings is 1. The molecule has 0 unspecified atom stereocenters. The fourth-order valence-electron chi connectivity index (χ4n) is 2.51. The molecule has 0 saturated heterocycles. The first kappa shape index (κ1) is 18.2. The van der Waals surface area contributed by atoms with E-state index in [2.05, 4.69) is 74.5 Å². The van der Waals surface area contributed by atoms with Crippen molar-refractivity contribution in [3.8, 4) is 11.3 Å². The Morgan fingerprint density at radius 3 is 2.28 bits per heavy atom. The molecular weight excluding hydrogens is 346 g/mol. The third-order valence-corrected chi connectivity index (χ3v) is 6.84. The van der Waals surface area contributed by atoms with E-state index in [1.165, 1.54) is 10.6 Å². The average molecular weight is 372 g/mol. The van der Waals surface area contributed by atoms with Crippen molar-refractivity contribution in [2.45, 2.75) is 58.3 Å². The van der Waals surface area contributed by atoms with E-state index in [1.807, 2.05) is 6.07 Å². The Hall–Kier alpha value is -1.59. The van der Waals surface area contributed by atoms with Crippen molar-refractivity contribution in [2.24, 2.45) is 0 Å². The van der Waals surface area contributed by atoms with Crippen molar-refractivity contribution in [1.82, 2.24) is 15.2 Å². The molecular formula is C20H25N3S2. The molecule has 0 bridgehead atoms. The number of rotatable bonds is 5. The highest BCUT2D eigenvalue weighted by Gasteiger charge is 2.26. The molecule has 5 heteroatoms. The number of benzene rings is 1. The summed E-state index contributed by atoms with van der Waals surface area (Å²) in [6.07, 6.45) is 1.97. The summed E-state index contributed by atoms with van der Waals surface area (Å²) in [5, 5.41) is 14.3. The van der Waals surface area contributed by atoms with Crippen LogP contribution in [0.15, 0.2) is 35.7 Å². The molecule has 2 heterocycles. The average Bonchev–Trinajstić information content (AvgIpc) is 3.23. The Balaban J connectivity index is 1.70. The maximum atomic E-state index is 4.89. The Kier molecular flexibility index (Phi) is 5.07. The Morgan fingerprint density at radius 2 is 1.64 bits per heavy atom. The van der Waals surface area contributed by atoms with Crippen LogP contribution in [0.2, 0.25) is 0 Å². The Morgan fingerprint density at radius 1 is 0.920 bits per heavy atom. The predicted octanol–water partition coefficient (Wildman–Crippen LogP) is 5.87. The van der Waals surface area contributed by atoms with Crippen molar-refractivity contribution in [3.05, 3.63) is 50.7 Å². The summed E-state index contributed by atoms with van der Waals surface area (Å²) in [5.41, 5.74) is 2.36. The number of aryl methyl sites for hydroxylation is 1. The van der Waals surface area contributed by atoms with E-state index in [-0.39, 0.29) is 10.8 Å². The molecule has 0 atom stereocenters. The molecule has 0 aliphatic heterocycles. The highest BCUT2D eigenvalue weighted by Crippen LogP contribution is 2.34. The molecule has 0 fully saturated rings. The lowest BCUT2D eigenvalue weighted by atomic mass is 9.88. The minimum absolute atomic E-state index is 0.0330. The van der Waals surface area contributed by atoms with E-state index in [4.69, 9.17) is 4.98 Å². The molecule has 25 heavy (non-hydrogen) atoms. The molecule has 1 aromatic carbocycles. The predicted molar refractivity (Wildman–Crippen MR) is 108 cm³/mol. The van der Waals surface area contributed by atoms with Gasteiger partial charge >= 0.3 is 0 Å². The third-order valence-electron chi connectivity index (χ3n) is 4.23. The molecule has 0 amide bonds. The van der Waals surface area contributed by atoms with Crippen molar-refractivity contribution >= 4 is 22.7 Å². The molecule has 3 rings (SSSR count). The van der Waals surface area contributed by atoms with E-state index < -0.39 is 0 Å². The summed E-state index contributed by atoms with van der Waals surface area (Å²) in [4.78, 5) is 4.89. The first-order valence-corrected chi connectivity index (χ1v) is 10.3. The molecule has 0 radical (unpaired) electrons. The number of nitrogens with zero attached hydrogens (tertiary/aromatic N) is 3. The first-order valence-electron chi connectivity index (χ1n) is 8.60. The van der Waals surface area contributed by atoms with Crippen molar-refractivity contribution in [2.75, 3.05) is 0 Å². The lowest BCUT2D eigenvalue weighted by molar-refractivity contribution is 0.476.